The SMILES string of the molecule is CC(C)(C)c1ccc(=O)n(CC(=O)NC(=O)NCc2cccs2)n1. The zero-order chi connectivity index (χ0) is 17.7. The molecule has 2 heterocycles. The lowest BCUT2D eigenvalue weighted by Gasteiger charge is -2.18. The predicted molar refractivity (Wildman–Crippen MR) is 91.9 cm³/mol. The summed E-state index contributed by atoms with van der Waals surface area (Å²) in [6.45, 7) is 5.91. The maximum atomic E-state index is 11.9. The van der Waals surface area contributed by atoms with Crippen LogP contribution in [0.2, 0.25) is 0 Å². The van der Waals surface area contributed by atoms with E-state index in [9.17, 15) is 14.4 Å². The van der Waals surface area contributed by atoms with Gasteiger partial charge in [0.15, 0.2) is 0 Å². The molecule has 2 aromatic heterocycles. The van der Waals surface area contributed by atoms with Crippen molar-refractivity contribution in [2.45, 2.75) is 39.3 Å². The Labute approximate surface area is 143 Å². The minimum Gasteiger partial charge on any atom is -0.333 e. The van der Waals surface area contributed by atoms with Gasteiger partial charge in [0.1, 0.15) is 6.54 Å². The Morgan fingerprint density at radius 2 is 2.00 bits per heavy atom. The van der Waals surface area contributed by atoms with Crippen molar-refractivity contribution in [2.75, 3.05) is 0 Å². The van der Waals surface area contributed by atoms with Gasteiger partial charge >= 0.3 is 6.03 Å². The molecule has 0 bridgehead atoms. The third kappa shape index (κ3) is 5.02. The third-order valence-corrected chi connectivity index (χ3v) is 4.06. The molecule has 0 radical (unpaired) electrons. The van der Waals surface area contributed by atoms with Gasteiger partial charge in [0, 0.05) is 16.4 Å². The van der Waals surface area contributed by atoms with E-state index in [1.165, 1.54) is 17.4 Å². The Kier molecular flexibility index (Phi) is 5.50. The Morgan fingerprint density at radius 3 is 2.62 bits per heavy atom. The third-order valence-electron chi connectivity index (χ3n) is 3.18. The van der Waals surface area contributed by atoms with Gasteiger partial charge in [-0.25, -0.2) is 9.48 Å². The van der Waals surface area contributed by atoms with E-state index in [-0.39, 0.29) is 12.0 Å². The van der Waals surface area contributed by atoms with E-state index in [0.29, 0.717) is 12.2 Å². The summed E-state index contributed by atoms with van der Waals surface area (Å²) < 4.78 is 1.06. The second kappa shape index (κ2) is 7.39. The van der Waals surface area contributed by atoms with Crippen LogP contribution in [0, 0.1) is 0 Å². The van der Waals surface area contributed by atoms with Gasteiger partial charge in [0.05, 0.1) is 12.2 Å². The zero-order valence-electron chi connectivity index (χ0n) is 13.8. The van der Waals surface area contributed by atoms with E-state index in [2.05, 4.69) is 15.7 Å². The average Bonchev–Trinajstić information content (AvgIpc) is 2.99. The molecule has 0 aliphatic rings. The Hall–Kier alpha value is -2.48. The van der Waals surface area contributed by atoms with Gasteiger partial charge in [-0.3, -0.25) is 14.9 Å². The molecule has 3 amide bonds. The highest BCUT2D eigenvalue weighted by Gasteiger charge is 2.17. The summed E-state index contributed by atoms with van der Waals surface area (Å²) in [5, 5.41) is 10.9. The lowest BCUT2D eigenvalue weighted by atomic mass is 9.92. The summed E-state index contributed by atoms with van der Waals surface area (Å²) in [5.41, 5.74) is 0.0542. The first-order valence-electron chi connectivity index (χ1n) is 7.44. The molecule has 24 heavy (non-hydrogen) atoms. The Bertz CT molecular complexity index is 775. The monoisotopic (exact) mass is 348 g/mol. The van der Waals surface area contributed by atoms with Gasteiger partial charge in [0.2, 0.25) is 5.91 Å². The number of urea groups is 1. The molecule has 0 fully saturated rings. The molecule has 2 N–H and O–H groups in total. The minimum absolute atomic E-state index is 0.246. The average molecular weight is 348 g/mol. The standard InChI is InChI=1S/C16H20N4O3S/c1-16(2,3)12-6-7-14(22)20(19-12)10-13(21)18-15(23)17-9-11-5-4-8-24-11/h4-8H,9-10H2,1-3H3,(H2,17,18,21,23). The quantitative estimate of drug-likeness (QED) is 0.878. The van der Waals surface area contributed by atoms with Crippen LogP contribution in [0.15, 0.2) is 34.4 Å². The summed E-state index contributed by atoms with van der Waals surface area (Å²) in [5.74, 6) is -0.598. The fraction of sp³-hybridized carbons (Fsp3) is 0.375. The first-order valence-corrected chi connectivity index (χ1v) is 8.32. The Morgan fingerprint density at radius 1 is 1.25 bits per heavy atom. The summed E-state index contributed by atoms with van der Waals surface area (Å²) in [4.78, 5) is 36.4. The number of nitrogens with zero attached hydrogens (tertiary/aromatic N) is 2. The number of thiophene rings is 1. The second-order valence-corrected chi connectivity index (χ2v) is 7.31. The number of amides is 3. The van der Waals surface area contributed by atoms with E-state index < -0.39 is 17.5 Å². The van der Waals surface area contributed by atoms with E-state index in [4.69, 9.17) is 0 Å². The molecule has 8 heteroatoms. The smallest absolute Gasteiger partial charge is 0.321 e. The topological polar surface area (TPSA) is 93.1 Å². The molecule has 2 aromatic rings. The van der Waals surface area contributed by atoms with Crippen LogP contribution in [-0.4, -0.2) is 21.7 Å². The first kappa shape index (κ1) is 17.9. The number of rotatable bonds is 4. The fourth-order valence-corrected chi connectivity index (χ4v) is 2.53. The maximum Gasteiger partial charge on any atom is 0.321 e. The Balaban J connectivity index is 1.94. The largest absolute Gasteiger partial charge is 0.333 e. The van der Waals surface area contributed by atoms with E-state index in [1.807, 2.05) is 38.3 Å². The summed E-state index contributed by atoms with van der Waals surface area (Å²) in [6.07, 6.45) is 0. The molecule has 0 aliphatic carbocycles. The molecule has 0 aromatic carbocycles. The van der Waals surface area contributed by atoms with Gasteiger partial charge in [-0.05, 0) is 17.5 Å². The van der Waals surface area contributed by atoms with Gasteiger partial charge in [-0.2, -0.15) is 5.10 Å². The molecule has 0 spiro atoms. The molecule has 0 saturated heterocycles. The predicted octanol–water partition coefficient (Wildman–Crippen LogP) is 1.63. The minimum atomic E-state index is -0.603. The summed E-state index contributed by atoms with van der Waals surface area (Å²) in [7, 11) is 0. The molecule has 0 atom stereocenters. The van der Waals surface area contributed by atoms with Crippen LogP contribution < -0.4 is 16.2 Å². The molecular weight excluding hydrogens is 328 g/mol. The van der Waals surface area contributed by atoms with Gasteiger partial charge in [-0.15, -0.1) is 11.3 Å². The zero-order valence-corrected chi connectivity index (χ0v) is 14.6. The van der Waals surface area contributed by atoms with Crippen molar-refractivity contribution < 1.29 is 9.59 Å². The highest BCUT2D eigenvalue weighted by atomic mass is 32.1. The number of hydrogen-bond donors (Lipinski definition) is 2. The van der Waals surface area contributed by atoms with Crippen molar-refractivity contribution in [3.63, 3.8) is 0 Å². The van der Waals surface area contributed by atoms with Gasteiger partial charge < -0.3 is 5.32 Å². The normalized spacial score (nSPS) is 11.1. The molecule has 0 aliphatic heterocycles. The highest BCUT2D eigenvalue weighted by molar-refractivity contribution is 7.09. The summed E-state index contributed by atoms with van der Waals surface area (Å²) in [6, 6.07) is 6.18. The molecule has 7 nitrogen and oxygen atoms in total. The number of carbonyl (C=O) groups is 2. The van der Waals surface area contributed by atoms with Crippen LogP contribution in [-0.2, 0) is 23.3 Å². The van der Waals surface area contributed by atoms with Gasteiger partial charge in [0.25, 0.3) is 5.56 Å². The van der Waals surface area contributed by atoms with Crippen LogP contribution in [0.3, 0.4) is 0 Å². The second-order valence-electron chi connectivity index (χ2n) is 6.27. The molecule has 128 valence electrons. The fourth-order valence-electron chi connectivity index (χ4n) is 1.89. The van der Waals surface area contributed by atoms with Crippen molar-refractivity contribution in [3.05, 3.63) is 50.6 Å². The van der Waals surface area contributed by atoms with E-state index >= 15 is 0 Å². The van der Waals surface area contributed by atoms with Crippen LogP contribution in [0.25, 0.3) is 0 Å². The van der Waals surface area contributed by atoms with Crippen molar-refractivity contribution in [3.8, 4) is 0 Å². The number of nitrogens with one attached hydrogen (secondary N) is 2. The van der Waals surface area contributed by atoms with Crippen molar-refractivity contribution in [2.24, 2.45) is 0 Å². The van der Waals surface area contributed by atoms with Crippen LogP contribution in [0.4, 0.5) is 4.79 Å². The summed E-state index contributed by atoms with van der Waals surface area (Å²) >= 11 is 1.51. The van der Waals surface area contributed by atoms with E-state index in [0.717, 1.165) is 9.56 Å². The lowest BCUT2D eigenvalue weighted by molar-refractivity contribution is -0.120. The van der Waals surface area contributed by atoms with Gasteiger partial charge in [-0.1, -0.05) is 26.8 Å². The molecule has 2 rings (SSSR count). The van der Waals surface area contributed by atoms with Crippen molar-refractivity contribution >= 4 is 23.3 Å². The number of carbonyl (C=O) groups excluding carboxylic acids is 2. The van der Waals surface area contributed by atoms with Crippen LogP contribution >= 0.6 is 11.3 Å². The number of imide groups is 1. The number of hydrogen-bond acceptors (Lipinski definition) is 5. The van der Waals surface area contributed by atoms with Crippen molar-refractivity contribution in [1.82, 2.24) is 20.4 Å². The molecule has 0 unspecified atom stereocenters. The first-order chi connectivity index (χ1) is 11.3. The van der Waals surface area contributed by atoms with E-state index in [1.54, 1.807) is 6.07 Å². The molecule has 0 saturated carbocycles. The molecular formula is C16H20N4O3S. The maximum absolute atomic E-state index is 11.9. The lowest BCUT2D eigenvalue weighted by Crippen LogP contribution is -2.42. The van der Waals surface area contributed by atoms with Crippen molar-refractivity contribution in [1.29, 1.82) is 0 Å². The number of aromatic nitrogens is 2. The van der Waals surface area contributed by atoms with Crippen LogP contribution in [0.1, 0.15) is 31.3 Å². The van der Waals surface area contributed by atoms with Crippen LogP contribution in [0.5, 0.6) is 0 Å². The highest BCUT2D eigenvalue weighted by Crippen LogP contribution is 2.17.